The summed E-state index contributed by atoms with van der Waals surface area (Å²) < 4.78 is 20.9. The van der Waals surface area contributed by atoms with Crippen molar-refractivity contribution in [1.29, 1.82) is 0 Å². The first-order chi connectivity index (χ1) is 11.6. The minimum absolute atomic E-state index is 0.102. The lowest BCUT2D eigenvalue weighted by Crippen LogP contribution is -2.45. The molecule has 124 valence electrons. The van der Waals surface area contributed by atoms with Crippen molar-refractivity contribution in [2.24, 2.45) is 10.9 Å². The molecular formula is C15H14FN5O3. The number of fused-ring (bicyclic) bond motifs is 5. The molecule has 3 N–H and O–H groups in total. The molecule has 1 fully saturated rings. The lowest BCUT2D eigenvalue weighted by molar-refractivity contribution is 0.0456. The Kier molecular flexibility index (Phi) is 2.99. The highest BCUT2D eigenvalue weighted by molar-refractivity contribution is 6.03. The maximum atomic E-state index is 14.1. The Bertz CT molecular complexity index is 891. The van der Waals surface area contributed by atoms with Crippen molar-refractivity contribution in [3.8, 4) is 11.4 Å². The number of imidazole rings is 1. The van der Waals surface area contributed by atoms with Gasteiger partial charge in [0.25, 0.3) is 5.91 Å². The van der Waals surface area contributed by atoms with Gasteiger partial charge in [-0.05, 0) is 18.6 Å². The van der Waals surface area contributed by atoms with Gasteiger partial charge in [-0.2, -0.15) is 0 Å². The zero-order valence-corrected chi connectivity index (χ0v) is 12.7. The Morgan fingerprint density at radius 3 is 2.96 bits per heavy atom. The third-order valence-electron chi connectivity index (χ3n) is 4.52. The van der Waals surface area contributed by atoms with E-state index in [0.717, 1.165) is 0 Å². The molecule has 0 spiro atoms. The summed E-state index contributed by atoms with van der Waals surface area (Å²) in [6.45, 7) is 0.531. The van der Waals surface area contributed by atoms with Crippen molar-refractivity contribution in [3.05, 3.63) is 41.2 Å². The lowest BCUT2D eigenvalue weighted by atomic mass is 9.97. The number of amidine groups is 1. The minimum Gasteiger partial charge on any atom is -0.493 e. The predicted molar refractivity (Wildman–Crippen MR) is 81.0 cm³/mol. The summed E-state index contributed by atoms with van der Waals surface area (Å²) >= 11 is 0. The first-order valence-electron chi connectivity index (χ1n) is 7.31. The van der Waals surface area contributed by atoms with E-state index < -0.39 is 5.82 Å². The molecule has 2 aliphatic rings. The van der Waals surface area contributed by atoms with Crippen LogP contribution in [0.1, 0.15) is 34.2 Å². The van der Waals surface area contributed by atoms with Gasteiger partial charge in [0.05, 0.1) is 24.5 Å². The van der Waals surface area contributed by atoms with Crippen LogP contribution in [-0.4, -0.2) is 45.1 Å². The Hall–Kier alpha value is -3.10. The summed E-state index contributed by atoms with van der Waals surface area (Å²) in [5.41, 5.74) is 7.25. The normalized spacial score (nSPS) is 19.1. The van der Waals surface area contributed by atoms with Crippen molar-refractivity contribution < 1.29 is 19.1 Å². The zero-order valence-electron chi connectivity index (χ0n) is 12.7. The van der Waals surface area contributed by atoms with Gasteiger partial charge < -0.3 is 20.6 Å². The molecule has 0 radical (unpaired) electrons. The number of ether oxygens (including phenoxy) is 1. The molecule has 9 heteroatoms. The van der Waals surface area contributed by atoms with Crippen LogP contribution >= 0.6 is 0 Å². The van der Waals surface area contributed by atoms with Gasteiger partial charge in [0.1, 0.15) is 17.6 Å². The molecule has 0 bridgehead atoms. The second-order valence-electron chi connectivity index (χ2n) is 5.61. The van der Waals surface area contributed by atoms with Crippen molar-refractivity contribution in [3.63, 3.8) is 0 Å². The summed E-state index contributed by atoms with van der Waals surface area (Å²) in [5.74, 6) is -1.16. The summed E-state index contributed by atoms with van der Waals surface area (Å²) in [7, 11) is 1.32. The topological polar surface area (TPSA) is 106 Å². The average Bonchev–Trinajstić information content (AvgIpc) is 2.94. The first kappa shape index (κ1) is 14.5. The van der Waals surface area contributed by atoms with Gasteiger partial charge in [-0.1, -0.05) is 5.16 Å². The molecule has 1 aromatic heterocycles. The third kappa shape index (κ3) is 1.69. The second kappa shape index (κ2) is 4.95. The van der Waals surface area contributed by atoms with Crippen molar-refractivity contribution in [2.45, 2.75) is 12.5 Å². The minimum atomic E-state index is -0.609. The molecule has 1 amide bonds. The van der Waals surface area contributed by atoms with Gasteiger partial charge in [0, 0.05) is 6.54 Å². The highest BCUT2D eigenvalue weighted by Crippen LogP contribution is 2.43. The fourth-order valence-corrected chi connectivity index (χ4v) is 3.33. The predicted octanol–water partition coefficient (Wildman–Crippen LogP) is 1.02. The number of hydrogen-bond donors (Lipinski definition) is 2. The standard InChI is InChI=1S/C15H14FN5O3/c1-24-13-7(16)2-3-8-10(13)15(22)20-5-4-9(20)12-11(14(17)19-23)18-6-21(8)12/h2-3,6,9,23H,4-5H2,1H3,(H2,17,19)/t9-/m0/s1. The number of nitrogens with zero attached hydrogens (tertiary/aromatic N) is 4. The number of amides is 1. The van der Waals surface area contributed by atoms with Crippen LogP contribution in [-0.2, 0) is 0 Å². The van der Waals surface area contributed by atoms with Crippen LogP contribution in [0.15, 0.2) is 23.6 Å². The third-order valence-corrected chi connectivity index (χ3v) is 4.52. The summed E-state index contributed by atoms with van der Waals surface area (Å²) in [6, 6.07) is 2.47. The van der Waals surface area contributed by atoms with Gasteiger partial charge in [-0.25, -0.2) is 9.37 Å². The highest BCUT2D eigenvalue weighted by Gasteiger charge is 2.43. The Balaban J connectivity index is 2.05. The number of benzene rings is 1. The second-order valence-corrected chi connectivity index (χ2v) is 5.61. The van der Waals surface area contributed by atoms with Crippen molar-refractivity contribution in [1.82, 2.24) is 14.5 Å². The van der Waals surface area contributed by atoms with Crippen molar-refractivity contribution >= 4 is 11.7 Å². The molecule has 1 saturated heterocycles. The molecule has 0 saturated carbocycles. The van der Waals surface area contributed by atoms with E-state index >= 15 is 0 Å². The number of halogens is 1. The summed E-state index contributed by atoms with van der Waals surface area (Å²) in [4.78, 5) is 18.7. The molecule has 0 aliphatic carbocycles. The Morgan fingerprint density at radius 2 is 2.33 bits per heavy atom. The molecule has 3 heterocycles. The summed E-state index contributed by atoms with van der Waals surface area (Å²) in [6.07, 6.45) is 2.19. The lowest BCUT2D eigenvalue weighted by Gasteiger charge is -2.39. The molecule has 2 aliphatic heterocycles. The van der Waals surface area contributed by atoms with Crippen LogP contribution < -0.4 is 10.5 Å². The smallest absolute Gasteiger partial charge is 0.260 e. The van der Waals surface area contributed by atoms with E-state index in [1.165, 1.54) is 25.6 Å². The van der Waals surface area contributed by atoms with Gasteiger partial charge in [0.15, 0.2) is 17.4 Å². The molecule has 1 aromatic carbocycles. The van der Waals surface area contributed by atoms with Crippen LogP contribution in [0.5, 0.6) is 5.75 Å². The number of nitrogens with two attached hydrogens (primary N) is 1. The van der Waals surface area contributed by atoms with Gasteiger partial charge in [-0.3, -0.25) is 9.36 Å². The Morgan fingerprint density at radius 1 is 1.54 bits per heavy atom. The SMILES string of the molecule is COc1c(F)ccc2c1C(=O)N1CC[C@H]1c1c(C(N)=NO)ncn1-2. The summed E-state index contributed by atoms with van der Waals surface area (Å²) in [5, 5.41) is 12.0. The maximum absolute atomic E-state index is 14.1. The van der Waals surface area contributed by atoms with Gasteiger partial charge >= 0.3 is 0 Å². The number of rotatable bonds is 2. The molecule has 4 rings (SSSR count). The highest BCUT2D eigenvalue weighted by atomic mass is 19.1. The quantitative estimate of drug-likeness (QED) is 0.370. The fourth-order valence-electron chi connectivity index (χ4n) is 3.33. The van der Waals surface area contributed by atoms with E-state index in [4.69, 9.17) is 15.7 Å². The number of carbonyl (C=O) groups is 1. The molecule has 0 unspecified atom stereocenters. The van der Waals surface area contributed by atoms with Crippen LogP contribution in [0.3, 0.4) is 0 Å². The van der Waals surface area contributed by atoms with Gasteiger partial charge in [-0.15, -0.1) is 0 Å². The van der Waals surface area contributed by atoms with Crippen LogP contribution in [0.4, 0.5) is 4.39 Å². The van der Waals surface area contributed by atoms with Crippen LogP contribution in [0.25, 0.3) is 5.69 Å². The van der Waals surface area contributed by atoms with E-state index in [-0.39, 0.29) is 29.1 Å². The van der Waals surface area contributed by atoms with E-state index in [1.54, 1.807) is 9.47 Å². The number of hydrogen-bond acceptors (Lipinski definition) is 5. The molecule has 24 heavy (non-hydrogen) atoms. The van der Waals surface area contributed by atoms with Crippen LogP contribution in [0.2, 0.25) is 0 Å². The van der Waals surface area contributed by atoms with E-state index in [2.05, 4.69) is 10.1 Å². The monoisotopic (exact) mass is 331 g/mol. The maximum Gasteiger partial charge on any atom is 0.260 e. The number of aromatic nitrogens is 2. The Labute approximate surface area is 135 Å². The average molecular weight is 331 g/mol. The fraction of sp³-hybridized carbons (Fsp3) is 0.267. The molecule has 2 aromatic rings. The first-order valence-corrected chi connectivity index (χ1v) is 7.31. The molecule has 1 atom stereocenters. The largest absolute Gasteiger partial charge is 0.493 e. The van der Waals surface area contributed by atoms with E-state index in [1.807, 2.05) is 0 Å². The zero-order chi connectivity index (χ0) is 17.0. The van der Waals surface area contributed by atoms with Gasteiger partial charge in [0.2, 0.25) is 0 Å². The molecule has 8 nitrogen and oxygen atoms in total. The van der Waals surface area contributed by atoms with Crippen molar-refractivity contribution in [2.75, 3.05) is 13.7 Å². The number of methoxy groups -OCH3 is 1. The van der Waals surface area contributed by atoms with E-state index in [0.29, 0.717) is 30.0 Å². The molecular weight excluding hydrogens is 317 g/mol. The number of carbonyl (C=O) groups excluding carboxylic acids is 1. The van der Waals surface area contributed by atoms with E-state index in [9.17, 15) is 9.18 Å². The van der Waals surface area contributed by atoms with Crippen LogP contribution in [0, 0.1) is 5.82 Å². The number of oxime groups is 1.